The van der Waals surface area contributed by atoms with Crippen molar-refractivity contribution in [2.75, 3.05) is 26.2 Å². The second-order valence-electron chi connectivity index (χ2n) is 5.79. The maximum Gasteiger partial charge on any atom is 0.573 e. The van der Waals surface area contributed by atoms with Gasteiger partial charge in [-0.15, -0.1) is 25.6 Å². The van der Waals surface area contributed by atoms with Crippen LogP contribution in [0.3, 0.4) is 0 Å². The smallest absolute Gasteiger partial charge is 0.406 e. The van der Waals surface area contributed by atoms with Gasteiger partial charge in [0.05, 0.1) is 0 Å². The van der Waals surface area contributed by atoms with Gasteiger partial charge in [0, 0.05) is 18.7 Å². The van der Waals surface area contributed by atoms with E-state index >= 15 is 0 Å². The van der Waals surface area contributed by atoms with Gasteiger partial charge in [0.15, 0.2) is 0 Å². The van der Waals surface area contributed by atoms with Crippen molar-refractivity contribution in [1.82, 2.24) is 10.2 Å². The molecule has 2 aliphatic rings. The van der Waals surface area contributed by atoms with Crippen LogP contribution < -0.4 is 10.1 Å². The maximum absolute atomic E-state index is 12.5. The molecule has 0 saturated carbocycles. The van der Waals surface area contributed by atoms with Gasteiger partial charge in [0.1, 0.15) is 5.75 Å². The first-order valence-corrected chi connectivity index (χ1v) is 7.28. The Bertz CT molecular complexity index is 568. The van der Waals surface area contributed by atoms with Crippen LogP contribution in [0.25, 0.3) is 0 Å². The number of likely N-dealkylation sites (tertiary alicyclic amines) is 1. The van der Waals surface area contributed by atoms with E-state index in [0.29, 0.717) is 24.9 Å². The van der Waals surface area contributed by atoms with Gasteiger partial charge in [-0.25, -0.2) is 0 Å². The average Bonchev–Trinajstić information content (AvgIpc) is 2.92. The molecular weight excluding hydrogens is 333 g/mol. The number of carbonyl (C=O) groups is 1. The number of nitrogens with one attached hydrogen (secondary N) is 1. The minimum atomic E-state index is -4.75. The molecule has 2 unspecified atom stereocenters. The van der Waals surface area contributed by atoms with Crippen LogP contribution in [-0.4, -0.2) is 43.3 Å². The molecular formula is C15H18ClF3N2O2. The molecule has 2 fully saturated rings. The van der Waals surface area contributed by atoms with Gasteiger partial charge in [0.2, 0.25) is 0 Å². The highest BCUT2D eigenvalue weighted by molar-refractivity contribution is 5.94. The molecule has 1 N–H and O–H groups in total. The fourth-order valence-electron chi connectivity index (χ4n) is 3.23. The van der Waals surface area contributed by atoms with Crippen molar-refractivity contribution in [3.05, 3.63) is 29.8 Å². The molecule has 2 atom stereocenters. The minimum Gasteiger partial charge on any atom is -0.406 e. The third-order valence-corrected chi connectivity index (χ3v) is 4.31. The number of halogens is 4. The fourth-order valence-corrected chi connectivity index (χ4v) is 3.23. The molecule has 23 heavy (non-hydrogen) atoms. The van der Waals surface area contributed by atoms with Gasteiger partial charge in [0.25, 0.3) is 5.91 Å². The van der Waals surface area contributed by atoms with Crippen LogP contribution in [0.2, 0.25) is 0 Å². The maximum atomic E-state index is 12.5. The van der Waals surface area contributed by atoms with Crippen LogP contribution in [0.1, 0.15) is 16.8 Å². The van der Waals surface area contributed by atoms with Crippen LogP contribution in [0.4, 0.5) is 13.2 Å². The van der Waals surface area contributed by atoms with Crippen molar-refractivity contribution >= 4 is 18.3 Å². The Morgan fingerprint density at radius 2 is 2.00 bits per heavy atom. The molecule has 0 bridgehead atoms. The number of amides is 1. The Morgan fingerprint density at radius 3 is 2.74 bits per heavy atom. The molecule has 0 aromatic heterocycles. The van der Waals surface area contributed by atoms with Gasteiger partial charge in [-0.1, -0.05) is 6.07 Å². The van der Waals surface area contributed by atoms with Crippen molar-refractivity contribution in [3.8, 4) is 5.75 Å². The van der Waals surface area contributed by atoms with Crippen molar-refractivity contribution in [1.29, 1.82) is 0 Å². The molecule has 2 heterocycles. The number of alkyl halides is 3. The van der Waals surface area contributed by atoms with Crippen molar-refractivity contribution in [3.63, 3.8) is 0 Å². The van der Waals surface area contributed by atoms with E-state index in [1.165, 1.54) is 18.2 Å². The number of ether oxygens (including phenoxy) is 1. The zero-order chi connectivity index (χ0) is 15.7. The molecule has 1 aromatic rings. The summed E-state index contributed by atoms with van der Waals surface area (Å²) in [6, 6.07) is 5.26. The van der Waals surface area contributed by atoms with Crippen molar-refractivity contribution < 1.29 is 22.7 Å². The highest BCUT2D eigenvalue weighted by atomic mass is 35.5. The van der Waals surface area contributed by atoms with Crippen LogP contribution in [0.15, 0.2) is 24.3 Å². The summed E-state index contributed by atoms with van der Waals surface area (Å²) in [6.07, 6.45) is -3.82. The lowest BCUT2D eigenvalue weighted by Crippen LogP contribution is -2.43. The minimum absolute atomic E-state index is 0. The summed E-state index contributed by atoms with van der Waals surface area (Å²) in [5.74, 6) is 0.435. The second-order valence-corrected chi connectivity index (χ2v) is 5.79. The van der Waals surface area contributed by atoms with Crippen LogP contribution >= 0.6 is 12.4 Å². The lowest BCUT2D eigenvalue weighted by atomic mass is 9.88. The first kappa shape index (κ1) is 17.9. The highest BCUT2D eigenvalue weighted by Crippen LogP contribution is 2.28. The average molecular weight is 351 g/mol. The van der Waals surface area contributed by atoms with E-state index in [0.717, 1.165) is 25.6 Å². The second kappa shape index (κ2) is 6.97. The molecule has 3 rings (SSSR count). The van der Waals surface area contributed by atoms with E-state index in [2.05, 4.69) is 10.1 Å². The summed E-state index contributed by atoms with van der Waals surface area (Å²) in [4.78, 5) is 14.2. The molecule has 2 saturated heterocycles. The predicted molar refractivity (Wildman–Crippen MR) is 80.7 cm³/mol. The van der Waals surface area contributed by atoms with E-state index < -0.39 is 6.36 Å². The summed E-state index contributed by atoms with van der Waals surface area (Å²) in [6.45, 7) is 3.18. The molecule has 0 radical (unpaired) electrons. The Morgan fingerprint density at radius 1 is 1.26 bits per heavy atom. The van der Waals surface area contributed by atoms with E-state index in [1.54, 1.807) is 4.90 Å². The van der Waals surface area contributed by atoms with Gasteiger partial charge in [-0.2, -0.15) is 0 Å². The lowest BCUT2D eigenvalue weighted by Gasteiger charge is -2.34. The van der Waals surface area contributed by atoms with Gasteiger partial charge >= 0.3 is 6.36 Å². The highest BCUT2D eigenvalue weighted by Gasteiger charge is 2.35. The molecule has 8 heteroatoms. The molecule has 4 nitrogen and oxygen atoms in total. The third kappa shape index (κ3) is 4.29. The number of benzene rings is 1. The number of piperidine rings is 1. The predicted octanol–water partition coefficient (Wildman–Crippen LogP) is 2.69. The number of hydrogen-bond acceptors (Lipinski definition) is 3. The monoisotopic (exact) mass is 350 g/mol. The number of fused-ring (bicyclic) bond motifs is 1. The SMILES string of the molecule is Cl.O=C(c1cccc(OC(F)(F)F)c1)N1CCC2CNCC2C1. The Kier molecular flexibility index (Phi) is 5.41. The molecule has 2 aliphatic heterocycles. The summed E-state index contributed by atoms with van der Waals surface area (Å²) in [5, 5.41) is 3.32. The third-order valence-electron chi connectivity index (χ3n) is 4.31. The largest absolute Gasteiger partial charge is 0.573 e. The Hall–Kier alpha value is -1.47. The molecule has 0 spiro atoms. The summed E-state index contributed by atoms with van der Waals surface area (Å²) >= 11 is 0. The summed E-state index contributed by atoms with van der Waals surface area (Å²) < 4.78 is 40.6. The number of nitrogens with zero attached hydrogens (tertiary/aromatic N) is 1. The van der Waals surface area contributed by atoms with E-state index in [-0.39, 0.29) is 29.6 Å². The van der Waals surface area contributed by atoms with Crippen molar-refractivity contribution in [2.45, 2.75) is 12.8 Å². The standard InChI is InChI=1S/C15H17F3N2O2.ClH/c16-15(17,18)22-13-3-1-2-10(6-13)14(21)20-5-4-11-7-19-8-12(11)9-20;/h1-3,6,11-12,19H,4-5,7-9H2;1H. The Labute approximate surface area is 138 Å². The molecule has 1 amide bonds. The first-order chi connectivity index (χ1) is 10.4. The van der Waals surface area contributed by atoms with Gasteiger partial charge < -0.3 is 15.0 Å². The van der Waals surface area contributed by atoms with E-state index in [1.807, 2.05) is 0 Å². The van der Waals surface area contributed by atoms with Gasteiger partial charge in [-0.05, 0) is 49.5 Å². The fraction of sp³-hybridized carbons (Fsp3) is 0.533. The van der Waals surface area contributed by atoms with Crippen LogP contribution in [0.5, 0.6) is 5.75 Å². The summed E-state index contributed by atoms with van der Waals surface area (Å²) in [5.41, 5.74) is 0.228. The normalized spacial score (nSPS) is 23.9. The summed E-state index contributed by atoms with van der Waals surface area (Å²) in [7, 11) is 0. The van der Waals surface area contributed by atoms with Gasteiger partial charge in [-0.3, -0.25) is 4.79 Å². The van der Waals surface area contributed by atoms with Crippen molar-refractivity contribution in [2.24, 2.45) is 11.8 Å². The lowest BCUT2D eigenvalue weighted by molar-refractivity contribution is -0.274. The van der Waals surface area contributed by atoms with Crippen LogP contribution in [0, 0.1) is 11.8 Å². The number of carbonyl (C=O) groups excluding carboxylic acids is 1. The molecule has 128 valence electrons. The Balaban J connectivity index is 0.00000192. The molecule has 0 aliphatic carbocycles. The molecule has 1 aromatic carbocycles. The zero-order valence-corrected chi connectivity index (χ0v) is 13.1. The van der Waals surface area contributed by atoms with E-state index in [9.17, 15) is 18.0 Å². The van der Waals surface area contributed by atoms with E-state index in [4.69, 9.17) is 0 Å². The zero-order valence-electron chi connectivity index (χ0n) is 12.3. The van der Waals surface area contributed by atoms with Crippen LogP contribution in [-0.2, 0) is 0 Å². The quantitative estimate of drug-likeness (QED) is 0.891. The first-order valence-electron chi connectivity index (χ1n) is 7.28. The number of rotatable bonds is 2. The number of hydrogen-bond donors (Lipinski definition) is 1. The topological polar surface area (TPSA) is 41.6 Å².